The van der Waals surface area contributed by atoms with Crippen molar-refractivity contribution in [1.82, 2.24) is 0 Å². The minimum atomic E-state index is -0.643. The molecule has 0 atom stereocenters. The average Bonchev–Trinajstić information content (AvgIpc) is 2.71. The standard InChI is InChI=1S/C20H20BrClN2O5/c1-12-16(8-7-15(21)20(12)22)24-18(26)11-29-19(27)10-9-17(25)23-13-3-5-14(28-2)6-4-13/h3-8H,9-11H2,1-2H3,(H,23,25)(H,24,26). The summed E-state index contributed by atoms with van der Waals surface area (Å²) in [5.41, 5.74) is 1.81. The number of anilines is 2. The minimum Gasteiger partial charge on any atom is -0.497 e. The molecule has 0 radical (unpaired) electrons. The number of hydrogen-bond donors (Lipinski definition) is 2. The molecule has 0 saturated heterocycles. The first-order valence-electron chi connectivity index (χ1n) is 8.64. The minimum absolute atomic E-state index is 0.0616. The number of amides is 2. The lowest BCUT2D eigenvalue weighted by Gasteiger charge is -2.11. The van der Waals surface area contributed by atoms with Gasteiger partial charge in [-0.1, -0.05) is 11.6 Å². The monoisotopic (exact) mass is 482 g/mol. The van der Waals surface area contributed by atoms with Crippen molar-refractivity contribution in [3.05, 3.63) is 51.5 Å². The van der Waals surface area contributed by atoms with Gasteiger partial charge in [-0.25, -0.2) is 0 Å². The van der Waals surface area contributed by atoms with E-state index in [1.165, 1.54) is 0 Å². The number of esters is 1. The van der Waals surface area contributed by atoms with Gasteiger partial charge in [-0.15, -0.1) is 0 Å². The number of carbonyl (C=O) groups is 3. The van der Waals surface area contributed by atoms with Crippen molar-refractivity contribution in [2.24, 2.45) is 0 Å². The van der Waals surface area contributed by atoms with Crippen LogP contribution in [0.15, 0.2) is 40.9 Å². The number of nitrogens with one attached hydrogen (secondary N) is 2. The molecule has 0 heterocycles. The first kappa shape index (κ1) is 22.7. The highest BCUT2D eigenvalue weighted by atomic mass is 79.9. The van der Waals surface area contributed by atoms with E-state index < -0.39 is 18.5 Å². The Morgan fingerprint density at radius 2 is 1.69 bits per heavy atom. The molecule has 0 bridgehead atoms. The van der Waals surface area contributed by atoms with Crippen LogP contribution in [-0.2, 0) is 19.1 Å². The van der Waals surface area contributed by atoms with Crippen molar-refractivity contribution >= 4 is 56.7 Å². The summed E-state index contributed by atoms with van der Waals surface area (Å²) >= 11 is 9.41. The van der Waals surface area contributed by atoms with E-state index in [0.717, 1.165) is 0 Å². The van der Waals surface area contributed by atoms with Crippen LogP contribution in [0.1, 0.15) is 18.4 Å². The zero-order valence-corrected chi connectivity index (χ0v) is 18.2. The molecule has 0 aromatic heterocycles. The first-order chi connectivity index (χ1) is 13.8. The Balaban J connectivity index is 1.72. The molecule has 0 saturated carbocycles. The fourth-order valence-corrected chi connectivity index (χ4v) is 2.90. The highest BCUT2D eigenvalue weighted by Gasteiger charge is 2.13. The van der Waals surface area contributed by atoms with Gasteiger partial charge < -0.3 is 20.1 Å². The number of rotatable bonds is 8. The molecule has 0 aliphatic carbocycles. The topological polar surface area (TPSA) is 93.7 Å². The van der Waals surface area contributed by atoms with Crippen LogP contribution in [0.2, 0.25) is 5.02 Å². The van der Waals surface area contributed by atoms with Crippen molar-refractivity contribution < 1.29 is 23.9 Å². The zero-order valence-electron chi connectivity index (χ0n) is 15.9. The molecular formula is C20H20BrClN2O5. The molecule has 9 heteroatoms. The van der Waals surface area contributed by atoms with Gasteiger partial charge in [0.15, 0.2) is 6.61 Å². The van der Waals surface area contributed by atoms with Crippen LogP contribution in [0.3, 0.4) is 0 Å². The third kappa shape index (κ3) is 7.07. The predicted octanol–water partition coefficient (Wildman–Crippen LogP) is 4.32. The fraction of sp³-hybridized carbons (Fsp3) is 0.250. The van der Waals surface area contributed by atoms with Crippen molar-refractivity contribution in [2.75, 3.05) is 24.4 Å². The lowest BCUT2D eigenvalue weighted by Crippen LogP contribution is -2.22. The summed E-state index contributed by atoms with van der Waals surface area (Å²) in [6, 6.07) is 10.2. The summed E-state index contributed by atoms with van der Waals surface area (Å²) < 4.78 is 10.7. The van der Waals surface area contributed by atoms with E-state index >= 15 is 0 Å². The first-order valence-corrected chi connectivity index (χ1v) is 9.81. The van der Waals surface area contributed by atoms with Crippen molar-refractivity contribution in [3.63, 3.8) is 0 Å². The number of benzene rings is 2. The van der Waals surface area contributed by atoms with Crippen molar-refractivity contribution in [3.8, 4) is 5.75 Å². The van der Waals surface area contributed by atoms with Crippen LogP contribution in [-0.4, -0.2) is 31.5 Å². The van der Waals surface area contributed by atoms with Gasteiger partial charge in [-0.3, -0.25) is 14.4 Å². The van der Waals surface area contributed by atoms with Crippen LogP contribution >= 0.6 is 27.5 Å². The van der Waals surface area contributed by atoms with Gasteiger partial charge in [-0.05, 0) is 64.8 Å². The Bertz CT molecular complexity index is 902. The number of halogens is 2. The van der Waals surface area contributed by atoms with Crippen LogP contribution < -0.4 is 15.4 Å². The maximum atomic E-state index is 12.0. The van der Waals surface area contributed by atoms with E-state index in [4.69, 9.17) is 21.1 Å². The molecule has 2 N–H and O–H groups in total. The summed E-state index contributed by atoms with van der Waals surface area (Å²) in [5.74, 6) is -0.805. The van der Waals surface area contributed by atoms with Gasteiger partial charge >= 0.3 is 5.97 Å². The number of methoxy groups -OCH3 is 1. The maximum absolute atomic E-state index is 12.0. The largest absolute Gasteiger partial charge is 0.497 e. The Morgan fingerprint density at radius 3 is 2.34 bits per heavy atom. The molecule has 0 fully saturated rings. The summed E-state index contributed by atoms with van der Waals surface area (Å²) in [6.45, 7) is 1.31. The molecular weight excluding hydrogens is 464 g/mol. The zero-order chi connectivity index (χ0) is 21.4. The van der Waals surface area contributed by atoms with Crippen LogP contribution in [0.4, 0.5) is 11.4 Å². The molecule has 2 rings (SSSR count). The number of ether oxygens (including phenoxy) is 2. The van der Waals surface area contributed by atoms with Gasteiger partial charge in [0.2, 0.25) is 5.91 Å². The normalized spacial score (nSPS) is 10.2. The third-order valence-electron chi connectivity index (χ3n) is 3.91. The second-order valence-electron chi connectivity index (χ2n) is 6.02. The van der Waals surface area contributed by atoms with E-state index in [2.05, 4.69) is 26.6 Å². The van der Waals surface area contributed by atoms with Gasteiger partial charge in [0.05, 0.1) is 18.6 Å². The lowest BCUT2D eigenvalue weighted by atomic mass is 10.2. The lowest BCUT2D eigenvalue weighted by molar-refractivity contribution is -0.147. The quantitative estimate of drug-likeness (QED) is 0.545. The Labute approximate surface area is 181 Å². The SMILES string of the molecule is COc1ccc(NC(=O)CCC(=O)OCC(=O)Nc2ccc(Br)c(Cl)c2C)cc1. The fourth-order valence-electron chi connectivity index (χ4n) is 2.31. The molecule has 2 amide bonds. The second-order valence-corrected chi connectivity index (χ2v) is 7.25. The molecule has 154 valence electrons. The van der Waals surface area contributed by atoms with E-state index in [1.54, 1.807) is 50.4 Å². The van der Waals surface area contributed by atoms with E-state index in [1.807, 2.05) is 0 Å². The Hall–Kier alpha value is -2.58. The highest BCUT2D eigenvalue weighted by molar-refractivity contribution is 9.10. The van der Waals surface area contributed by atoms with E-state index in [-0.39, 0.29) is 18.7 Å². The summed E-state index contributed by atoms with van der Waals surface area (Å²) in [4.78, 5) is 35.6. The molecule has 0 aliphatic rings. The molecule has 7 nitrogen and oxygen atoms in total. The smallest absolute Gasteiger partial charge is 0.306 e. The molecule has 2 aromatic carbocycles. The number of hydrogen-bond acceptors (Lipinski definition) is 5. The summed E-state index contributed by atoms with van der Waals surface area (Å²) in [5, 5.41) is 5.78. The number of carbonyl (C=O) groups excluding carboxylic acids is 3. The highest BCUT2D eigenvalue weighted by Crippen LogP contribution is 2.30. The molecule has 29 heavy (non-hydrogen) atoms. The van der Waals surface area contributed by atoms with Crippen LogP contribution in [0.25, 0.3) is 0 Å². The van der Waals surface area contributed by atoms with Gasteiger partial charge in [-0.2, -0.15) is 0 Å². The molecule has 0 unspecified atom stereocenters. The maximum Gasteiger partial charge on any atom is 0.306 e. The van der Waals surface area contributed by atoms with Crippen LogP contribution in [0, 0.1) is 6.92 Å². The third-order valence-corrected chi connectivity index (χ3v) is 5.28. The molecule has 2 aromatic rings. The van der Waals surface area contributed by atoms with Gasteiger partial charge in [0.1, 0.15) is 5.75 Å². The van der Waals surface area contributed by atoms with E-state index in [9.17, 15) is 14.4 Å². The average molecular weight is 484 g/mol. The van der Waals surface area contributed by atoms with Crippen molar-refractivity contribution in [2.45, 2.75) is 19.8 Å². The van der Waals surface area contributed by atoms with E-state index in [0.29, 0.717) is 32.2 Å². The summed E-state index contributed by atoms with van der Waals surface area (Å²) in [7, 11) is 1.55. The second kappa shape index (κ2) is 10.8. The van der Waals surface area contributed by atoms with Gasteiger partial charge in [0, 0.05) is 22.3 Å². The Morgan fingerprint density at radius 1 is 1.00 bits per heavy atom. The molecule has 0 spiro atoms. The van der Waals surface area contributed by atoms with Crippen molar-refractivity contribution in [1.29, 1.82) is 0 Å². The molecule has 0 aliphatic heterocycles. The predicted molar refractivity (Wildman–Crippen MR) is 114 cm³/mol. The summed E-state index contributed by atoms with van der Waals surface area (Å²) in [6.07, 6.45) is -0.202. The van der Waals surface area contributed by atoms with Gasteiger partial charge in [0.25, 0.3) is 5.91 Å². The Kier molecular flexibility index (Phi) is 8.48. The van der Waals surface area contributed by atoms with Crippen LogP contribution in [0.5, 0.6) is 5.75 Å².